The van der Waals surface area contributed by atoms with Crippen molar-refractivity contribution < 1.29 is 28.3 Å². The van der Waals surface area contributed by atoms with E-state index in [-0.39, 0.29) is 24.8 Å². The molecule has 0 fully saturated rings. The first-order chi connectivity index (χ1) is 19.3. The number of esters is 1. The number of anilines is 1. The predicted octanol–water partition coefficient (Wildman–Crippen LogP) is 4.59. The maximum atomic E-state index is 13.7. The van der Waals surface area contributed by atoms with E-state index in [1.54, 1.807) is 30.3 Å². The van der Waals surface area contributed by atoms with Gasteiger partial charge in [-0.05, 0) is 41.5 Å². The second-order valence-corrected chi connectivity index (χ2v) is 10.1. The minimum atomic E-state index is -0.880. The van der Waals surface area contributed by atoms with E-state index in [4.69, 9.17) is 18.7 Å². The zero-order chi connectivity index (χ0) is 28.3. The molecule has 206 valence electrons. The Hall–Kier alpha value is -4.73. The van der Waals surface area contributed by atoms with Gasteiger partial charge >= 0.3 is 5.97 Å². The highest BCUT2D eigenvalue weighted by Gasteiger charge is 2.42. The minimum Gasteiger partial charge on any atom is -0.497 e. The molecule has 0 saturated carbocycles. The normalized spacial score (nSPS) is 14.5. The van der Waals surface area contributed by atoms with Gasteiger partial charge in [-0.15, -0.1) is 0 Å². The number of para-hydroxylation sites is 1. The minimum absolute atomic E-state index is 0.150. The first-order valence-corrected chi connectivity index (χ1v) is 12.8. The SMILES string of the molecule is COC(=O)C1CN(C(=O)C(C)(C)Cc2nc(-c3ccc(OCc4ccc(OC)cc4)cn3)no2)c2ccccc21. The van der Waals surface area contributed by atoms with Gasteiger partial charge in [-0.3, -0.25) is 9.59 Å². The van der Waals surface area contributed by atoms with Gasteiger partial charge in [-0.2, -0.15) is 4.98 Å². The Balaban J connectivity index is 1.23. The number of methoxy groups -OCH3 is 2. The van der Waals surface area contributed by atoms with E-state index in [9.17, 15) is 9.59 Å². The van der Waals surface area contributed by atoms with Crippen LogP contribution in [-0.4, -0.2) is 47.8 Å². The summed E-state index contributed by atoms with van der Waals surface area (Å²) in [6, 6.07) is 18.6. The van der Waals surface area contributed by atoms with Crippen LogP contribution in [0.2, 0.25) is 0 Å². The number of pyridine rings is 1. The Morgan fingerprint density at radius 2 is 1.77 bits per heavy atom. The molecular weight excluding hydrogens is 512 g/mol. The number of benzene rings is 2. The summed E-state index contributed by atoms with van der Waals surface area (Å²) in [7, 11) is 2.98. The number of fused-ring (bicyclic) bond motifs is 1. The number of hydrogen-bond acceptors (Lipinski definition) is 9. The quantitative estimate of drug-likeness (QED) is 0.280. The van der Waals surface area contributed by atoms with Gasteiger partial charge in [0, 0.05) is 18.7 Å². The van der Waals surface area contributed by atoms with Crippen molar-refractivity contribution in [1.82, 2.24) is 15.1 Å². The number of ether oxygens (including phenoxy) is 3. The van der Waals surface area contributed by atoms with Gasteiger partial charge in [-0.1, -0.05) is 49.3 Å². The molecule has 1 aliphatic rings. The molecule has 4 aromatic rings. The second kappa shape index (κ2) is 11.2. The second-order valence-electron chi connectivity index (χ2n) is 10.1. The standard InChI is InChI=1S/C30H30N4O6/c1-30(2,29(36)34-17-23(28(35)38-4)22-7-5-6-8-25(22)34)15-26-32-27(33-40-26)24-14-13-21(16-31-24)39-18-19-9-11-20(37-3)12-10-19/h5-14,16,23H,15,17-18H2,1-4H3. The molecule has 2 aromatic heterocycles. The van der Waals surface area contributed by atoms with E-state index in [1.165, 1.54) is 7.11 Å². The van der Waals surface area contributed by atoms with Crippen LogP contribution in [0.15, 0.2) is 71.4 Å². The van der Waals surface area contributed by atoms with Crippen LogP contribution in [0.4, 0.5) is 5.69 Å². The lowest BCUT2D eigenvalue weighted by Crippen LogP contribution is -2.42. The van der Waals surface area contributed by atoms with E-state index in [0.717, 1.165) is 16.9 Å². The van der Waals surface area contributed by atoms with Gasteiger partial charge in [0.1, 0.15) is 29.7 Å². The molecule has 2 aromatic carbocycles. The fraction of sp³-hybridized carbons (Fsp3) is 0.300. The highest BCUT2D eigenvalue weighted by atomic mass is 16.5. The molecule has 1 aliphatic heterocycles. The van der Waals surface area contributed by atoms with Crippen molar-refractivity contribution in [2.45, 2.75) is 32.8 Å². The van der Waals surface area contributed by atoms with Crippen LogP contribution >= 0.6 is 0 Å². The van der Waals surface area contributed by atoms with E-state index in [0.29, 0.717) is 35.5 Å². The van der Waals surface area contributed by atoms with E-state index < -0.39 is 11.3 Å². The number of amides is 1. The van der Waals surface area contributed by atoms with Crippen molar-refractivity contribution in [1.29, 1.82) is 0 Å². The molecule has 1 unspecified atom stereocenters. The monoisotopic (exact) mass is 542 g/mol. The van der Waals surface area contributed by atoms with Crippen molar-refractivity contribution >= 4 is 17.6 Å². The highest BCUT2D eigenvalue weighted by Crippen LogP contribution is 2.39. The van der Waals surface area contributed by atoms with E-state index >= 15 is 0 Å². The summed E-state index contributed by atoms with van der Waals surface area (Å²) in [4.78, 5) is 36.5. The molecule has 0 radical (unpaired) electrons. The number of carbonyl (C=O) groups is 2. The van der Waals surface area contributed by atoms with Crippen LogP contribution < -0.4 is 14.4 Å². The topological polar surface area (TPSA) is 117 Å². The largest absolute Gasteiger partial charge is 0.497 e. The predicted molar refractivity (Wildman–Crippen MR) is 146 cm³/mol. The van der Waals surface area contributed by atoms with Crippen LogP contribution in [0.3, 0.4) is 0 Å². The third-order valence-corrected chi connectivity index (χ3v) is 6.87. The summed E-state index contributed by atoms with van der Waals surface area (Å²) in [5.41, 5.74) is 2.13. The van der Waals surface area contributed by atoms with Gasteiger partial charge in [-0.25, -0.2) is 4.98 Å². The number of hydrogen-bond donors (Lipinski definition) is 0. The van der Waals surface area contributed by atoms with Gasteiger partial charge in [0.05, 0.1) is 25.8 Å². The molecule has 0 spiro atoms. The maximum absolute atomic E-state index is 13.7. The molecule has 0 aliphatic carbocycles. The van der Waals surface area contributed by atoms with Crippen molar-refractivity contribution in [3.63, 3.8) is 0 Å². The summed E-state index contributed by atoms with van der Waals surface area (Å²) in [6.07, 6.45) is 1.81. The van der Waals surface area contributed by atoms with Crippen LogP contribution in [0.5, 0.6) is 11.5 Å². The Bertz CT molecular complexity index is 1500. The number of nitrogens with zero attached hydrogens (tertiary/aromatic N) is 4. The number of rotatable bonds is 9. The summed E-state index contributed by atoms with van der Waals surface area (Å²) in [5.74, 6) is 0.977. The van der Waals surface area contributed by atoms with Crippen molar-refractivity contribution in [2.75, 3.05) is 25.7 Å². The Morgan fingerprint density at radius 1 is 1.02 bits per heavy atom. The number of carbonyl (C=O) groups excluding carboxylic acids is 2. The van der Waals surface area contributed by atoms with Crippen molar-refractivity contribution in [2.24, 2.45) is 5.41 Å². The lowest BCUT2D eigenvalue weighted by Gasteiger charge is -2.28. The molecule has 5 rings (SSSR count). The third kappa shape index (κ3) is 5.51. The molecule has 0 N–H and O–H groups in total. The molecule has 40 heavy (non-hydrogen) atoms. The molecular formula is C30H30N4O6. The summed E-state index contributed by atoms with van der Waals surface area (Å²) in [5, 5.41) is 4.06. The molecule has 1 amide bonds. The summed E-state index contributed by atoms with van der Waals surface area (Å²) < 4.78 is 21.4. The first-order valence-electron chi connectivity index (χ1n) is 12.8. The summed E-state index contributed by atoms with van der Waals surface area (Å²) >= 11 is 0. The smallest absolute Gasteiger partial charge is 0.315 e. The average molecular weight is 543 g/mol. The van der Waals surface area contributed by atoms with Crippen LogP contribution in [0.25, 0.3) is 11.5 Å². The van der Waals surface area contributed by atoms with Crippen LogP contribution in [0.1, 0.15) is 36.8 Å². The molecule has 10 heteroatoms. The zero-order valence-corrected chi connectivity index (χ0v) is 22.8. The van der Waals surface area contributed by atoms with E-state index in [2.05, 4.69) is 15.1 Å². The van der Waals surface area contributed by atoms with Gasteiger partial charge in [0.2, 0.25) is 17.6 Å². The van der Waals surface area contributed by atoms with Gasteiger partial charge in [0.25, 0.3) is 0 Å². The van der Waals surface area contributed by atoms with Gasteiger partial charge < -0.3 is 23.6 Å². The molecule has 1 atom stereocenters. The lowest BCUT2D eigenvalue weighted by atomic mass is 9.87. The van der Waals surface area contributed by atoms with Crippen LogP contribution in [0, 0.1) is 5.41 Å². The first kappa shape index (κ1) is 26.9. The molecule has 0 saturated heterocycles. The molecule has 3 heterocycles. The third-order valence-electron chi connectivity index (χ3n) is 6.87. The zero-order valence-electron chi connectivity index (χ0n) is 22.8. The van der Waals surface area contributed by atoms with Crippen LogP contribution in [-0.2, 0) is 27.4 Å². The molecule has 0 bridgehead atoms. The van der Waals surface area contributed by atoms with Gasteiger partial charge in [0.15, 0.2) is 0 Å². The Morgan fingerprint density at radius 3 is 2.48 bits per heavy atom. The average Bonchev–Trinajstić information content (AvgIpc) is 3.60. The molecule has 10 nitrogen and oxygen atoms in total. The lowest BCUT2D eigenvalue weighted by molar-refractivity contribution is -0.142. The highest BCUT2D eigenvalue weighted by molar-refractivity contribution is 6.01. The fourth-order valence-electron chi connectivity index (χ4n) is 4.68. The van der Waals surface area contributed by atoms with Crippen molar-refractivity contribution in [3.8, 4) is 23.0 Å². The number of aromatic nitrogens is 3. The maximum Gasteiger partial charge on any atom is 0.315 e. The fourth-order valence-corrected chi connectivity index (χ4v) is 4.68. The summed E-state index contributed by atoms with van der Waals surface area (Å²) in [6.45, 7) is 4.25. The van der Waals surface area contributed by atoms with E-state index in [1.807, 2.05) is 62.4 Å². The Labute approximate surface area is 231 Å². The van der Waals surface area contributed by atoms with Crippen molar-refractivity contribution in [3.05, 3.63) is 83.9 Å². The Kier molecular flexibility index (Phi) is 7.50.